The van der Waals surface area contributed by atoms with E-state index in [2.05, 4.69) is 28.1 Å². The van der Waals surface area contributed by atoms with Crippen LogP contribution in [0.3, 0.4) is 0 Å². The number of rotatable bonds is 5. The summed E-state index contributed by atoms with van der Waals surface area (Å²) in [5.74, 6) is -0.257. The molecule has 5 nitrogen and oxygen atoms in total. The van der Waals surface area contributed by atoms with Crippen molar-refractivity contribution in [3.05, 3.63) is 71.3 Å². The number of hydrogen-bond acceptors (Lipinski definition) is 3. The zero-order chi connectivity index (χ0) is 19.3. The third-order valence-corrected chi connectivity index (χ3v) is 5.78. The summed E-state index contributed by atoms with van der Waals surface area (Å²) >= 11 is 0. The Morgan fingerprint density at radius 3 is 2.36 bits per heavy atom. The lowest BCUT2D eigenvalue weighted by Gasteiger charge is -2.28. The molecule has 0 bridgehead atoms. The predicted molar refractivity (Wildman–Crippen MR) is 108 cm³/mol. The number of amides is 2. The van der Waals surface area contributed by atoms with E-state index < -0.39 is 6.04 Å². The van der Waals surface area contributed by atoms with Crippen molar-refractivity contribution in [3.8, 4) is 0 Å². The van der Waals surface area contributed by atoms with Gasteiger partial charge in [0.2, 0.25) is 11.8 Å². The fourth-order valence-electron chi connectivity index (χ4n) is 4.18. The van der Waals surface area contributed by atoms with Crippen LogP contribution in [-0.4, -0.2) is 23.9 Å². The van der Waals surface area contributed by atoms with Gasteiger partial charge >= 0.3 is 0 Å². The van der Waals surface area contributed by atoms with Crippen molar-refractivity contribution in [1.82, 2.24) is 16.0 Å². The molecule has 0 saturated heterocycles. The van der Waals surface area contributed by atoms with E-state index in [4.69, 9.17) is 0 Å². The quantitative estimate of drug-likeness (QED) is 0.750. The molecule has 2 unspecified atom stereocenters. The Morgan fingerprint density at radius 1 is 0.929 bits per heavy atom. The second-order valence-electron chi connectivity index (χ2n) is 7.75. The van der Waals surface area contributed by atoms with Gasteiger partial charge in [0.25, 0.3) is 0 Å². The zero-order valence-electron chi connectivity index (χ0n) is 16.0. The van der Waals surface area contributed by atoms with Crippen LogP contribution >= 0.6 is 0 Å². The molecule has 1 fully saturated rings. The van der Waals surface area contributed by atoms with Crippen molar-refractivity contribution in [3.63, 3.8) is 0 Å². The maximum absolute atomic E-state index is 13.0. The molecule has 4 rings (SSSR count). The van der Waals surface area contributed by atoms with Gasteiger partial charge in [0, 0.05) is 12.6 Å². The molecule has 0 spiro atoms. The molecule has 1 aliphatic carbocycles. The molecule has 2 aromatic carbocycles. The van der Waals surface area contributed by atoms with Crippen molar-refractivity contribution < 1.29 is 9.59 Å². The van der Waals surface area contributed by atoms with Gasteiger partial charge in [0.1, 0.15) is 6.04 Å². The summed E-state index contributed by atoms with van der Waals surface area (Å²) in [4.78, 5) is 25.9. The lowest BCUT2D eigenvalue weighted by atomic mass is 9.95. The first-order valence-corrected chi connectivity index (χ1v) is 10.2. The minimum atomic E-state index is -0.673. The van der Waals surface area contributed by atoms with Crippen LogP contribution in [0.2, 0.25) is 0 Å². The molecule has 1 heterocycles. The molecule has 2 amide bonds. The molecule has 0 aromatic heterocycles. The van der Waals surface area contributed by atoms with Gasteiger partial charge in [-0.25, -0.2) is 0 Å². The topological polar surface area (TPSA) is 70.2 Å². The Morgan fingerprint density at radius 2 is 1.61 bits per heavy atom. The Kier molecular flexibility index (Phi) is 5.72. The summed E-state index contributed by atoms with van der Waals surface area (Å²) in [6.45, 7) is 0.665. The maximum Gasteiger partial charge on any atom is 0.247 e. The van der Waals surface area contributed by atoms with Gasteiger partial charge in [-0.3, -0.25) is 9.59 Å². The normalized spacial score (nSPS) is 20.2. The van der Waals surface area contributed by atoms with E-state index in [1.165, 1.54) is 11.1 Å². The van der Waals surface area contributed by atoms with E-state index in [9.17, 15) is 9.59 Å². The summed E-state index contributed by atoms with van der Waals surface area (Å²) in [5.41, 5.74) is 3.22. The van der Waals surface area contributed by atoms with Crippen LogP contribution in [0.1, 0.15) is 48.4 Å². The van der Waals surface area contributed by atoms with Crippen LogP contribution in [0, 0.1) is 0 Å². The molecular weight excluding hydrogens is 350 g/mol. The van der Waals surface area contributed by atoms with Crippen molar-refractivity contribution in [1.29, 1.82) is 0 Å². The molecule has 28 heavy (non-hydrogen) atoms. The summed E-state index contributed by atoms with van der Waals surface area (Å²) in [5, 5.41) is 9.42. The SMILES string of the molecule is O=C(NC(C(=O)NC1CCCC1)c1ccccc1)C1Cc2ccccc2CN1. The fourth-order valence-corrected chi connectivity index (χ4v) is 4.18. The first kappa shape index (κ1) is 18.7. The van der Waals surface area contributed by atoms with Gasteiger partial charge in [-0.2, -0.15) is 0 Å². The summed E-state index contributed by atoms with van der Waals surface area (Å²) < 4.78 is 0. The molecule has 146 valence electrons. The largest absolute Gasteiger partial charge is 0.351 e. The molecule has 1 saturated carbocycles. The Labute approximate surface area is 165 Å². The van der Waals surface area contributed by atoms with Crippen molar-refractivity contribution in [2.45, 2.75) is 56.8 Å². The summed E-state index contributed by atoms with van der Waals surface area (Å²) in [7, 11) is 0. The minimum Gasteiger partial charge on any atom is -0.351 e. The smallest absolute Gasteiger partial charge is 0.247 e. The van der Waals surface area contributed by atoms with Crippen molar-refractivity contribution >= 4 is 11.8 Å². The van der Waals surface area contributed by atoms with E-state index in [-0.39, 0.29) is 23.9 Å². The van der Waals surface area contributed by atoms with Gasteiger partial charge < -0.3 is 16.0 Å². The number of benzene rings is 2. The number of carbonyl (C=O) groups is 2. The highest BCUT2D eigenvalue weighted by atomic mass is 16.2. The molecule has 2 atom stereocenters. The molecule has 2 aromatic rings. The molecule has 5 heteroatoms. The molecule has 3 N–H and O–H groups in total. The fraction of sp³-hybridized carbons (Fsp3) is 0.391. The monoisotopic (exact) mass is 377 g/mol. The van der Waals surface area contributed by atoms with Gasteiger partial charge in [0.05, 0.1) is 6.04 Å². The van der Waals surface area contributed by atoms with Gasteiger partial charge in [-0.15, -0.1) is 0 Å². The summed E-state index contributed by atoms with van der Waals surface area (Å²) in [6, 6.07) is 16.9. The highest BCUT2D eigenvalue weighted by Crippen LogP contribution is 2.21. The Balaban J connectivity index is 1.47. The van der Waals surface area contributed by atoms with Crippen LogP contribution in [0.15, 0.2) is 54.6 Å². The first-order chi connectivity index (χ1) is 13.7. The van der Waals surface area contributed by atoms with Crippen LogP contribution in [-0.2, 0) is 22.6 Å². The van der Waals surface area contributed by atoms with E-state index in [1.807, 2.05) is 42.5 Å². The van der Waals surface area contributed by atoms with E-state index in [0.29, 0.717) is 13.0 Å². The van der Waals surface area contributed by atoms with Crippen LogP contribution in [0.25, 0.3) is 0 Å². The Hall–Kier alpha value is -2.66. The maximum atomic E-state index is 13.0. The number of hydrogen-bond donors (Lipinski definition) is 3. The number of nitrogens with one attached hydrogen (secondary N) is 3. The average Bonchev–Trinajstić information content (AvgIpc) is 3.25. The molecular formula is C23H27N3O2. The van der Waals surface area contributed by atoms with Crippen molar-refractivity contribution in [2.24, 2.45) is 0 Å². The van der Waals surface area contributed by atoms with Crippen LogP contribution in [0.5, 0.6) is 0 Å². The molecule has 2 aliphatic rings. The van der Waals surface area contributed by atoms with Crippen LogP contribution < -0.4 is 16.0 Å². The third-order valence-electron chi connectivity index (χ3n) is 5.78. The Bertz CT molecular complexity index is 831. The minimum absolute atomic E-state index is 0.123. The van der Waals surface area contributed by atoms with Crippen molar-refractivity contribution in [2.75, 3.05) is 0 Å². The lowest BCUT2D eigenvalue weighted by Crippen LogP contribution is -2.51. The second kappa shape index (κ2) is 8.57. The van der Waals surface area contributed by atoms with E-state index in [0.717, 1.165) is 31.2 Å². The number of carbonyl (C=O) groups excluding carboxylic acids is 2. The van der Waals surface area contributed by atoms with E-state index in [1.54, 1.807) is 0 Å². The second-order valence-corrected chi connectivity index (χ2v) is 7.75. The van der Waals surface area contributed by atoms with Gasteiger partial charge in [-0.1, -0.05) is 67.4 Å². The predicted octanol–water partition coefficient (Wildman–Crippen LogP) is 2.62. The lowest BCUT2D eigenvalue weighted by molar-refractivity contribution is -0.130. The third kappa shape index (κ3) is 4.25. The van der Waals surface area contributed by atoms with Crippen LogP contribution in [0.4, 0.5) is 0 Å². The first-order valence-electron chi connectivity index (χ1n) is 10.2. The molecule has 0 radical (unpaired) electrons. The zero-order valence-corrected chi connectivity index (χ0v) is 16.0. The average molecular weight is 377 g/mol. The highest BCUT2D eigenvalue weighted by molar-refractivity contribution is 5.91. The van der Waals surface area contributed by atoms with Gasteiger partial charge in [-0.05, 0) is 36.0 Å². The standard InChI is InChI=1S/C23H27N3O2/c27-22(20-14-17-10-4-5-11-18(17)15-24-20)26-21(16-8-2-1-3-9-16)23(28)25-19-12-6-7-13-19/h1-5,8-11,19-21,24H,6-7,12-15H2,(H,25,28)(H,26,27). The van der Waals surface area contributed by atoms with Gasteiger partial charge in [0.15, 0.2) is 0 Å². The molecule has 1 aliphatic heterocycles. The van der Waals surface area contributed by atoms with E-state index >= 15 is 0 Å². The summed E-state index contributed by atoms with van der Waals surface area (Å²) in [6.07, 6.45) is 4.97. The highest BCUT2D eigenvalue weighted by Gasteiger charge is 2.30. The number of fused-ring (bicyclic) bond motifs is 1.